The first-order chi connectivity index (χ1) is 10.5. The van der Waals surface area contributed by atoms with Crippen molar-refractivity contribution in [2.75, 3.05) is 18.1 Å². The number of aliphatic carboxylic acids is 1. The summed E-state index contributed by atoms with van der Waals surface area (Å²) in [6, 6.07) is 6.69. The largest absolute Gasteiger partial charge is 0.482 e. The molecule has 0 radical (unpaired) electrons. The number of carboxylic acids is 1. The number of fused-ring (bicyclic) bond motifs is 1. The molecule has 0 saturated heterocycles. The van der Waals surface area contributed by atoms with E-state index < -0.39 is 12.0 Å². The van der Waals surface area contributed by atoms with E-state index in [0.29, 0.717) is 11.4 Å². The van der Waals surface area contributed by atoms with Crippen molar-refractivity contribution in [1.29, 1.82) is 0 Å². The molecule has 1 aliphatic rings. The molecule has 0 spiro atoms. The minimum Gasteiger partial charge on any atom is -0.482 e. The summed E-state index contributed by atoms with van der Waals surface area (Å²) in [5, 5.41) is 11.3. The Bertz CT molecular complexity index is 587. The molecule has 0 aliphatic carbocycles. The SMILES string of the molecule is CC(CC(=O)O)NC(=O)CCN1C(=O)COc2ccccc21. The normalized spacial score (nSPS) is 14.8. The van der Waals surface area contributed by atoms with Crippen LogP contribution in [-0.2, 0) is 14.4 Å². The summed E-state index contributed by atoms with van der Waals surface area (Å²) in [5.41, 5.74) is 0.644. The third kappa shape index (κ3) is 3.97. The van der Waals surface area contributed by atoms with Gasteiger partial charge in [-0.3, -0.25) is 14.4 Å². The number of hydrogen-bond donors (Lipinski definition) is 2. The van der Waals surface area contributed by atoms with Crippen LogP contribution in [-0.4, -0.2) is 42.1 Å². The van der Waals surface area contributed by atoms with Gasteiger partial charge in [0.1, 0.15) is 5.75 Å². The summed E-state index contributed by atoms with van der Waals surface area (Å²) >= 11 is 0. The molecule has 7 heteroatoms. The van der Waals surface area contributed by atoms with Crippen molar-refractivity contribution in [2.45, 2.75) is 25.8 Å². The van der Waals surface area contributed by atoms with Gasteiger partial charge in [-0.05, 0) is 19.1 Å². The van der Waals surface area contributed by atoms with Gasteiger partial charge in [-0.25, -0.2) is 0 Å². The van der Waals surface area contributed by atoms with E-state index in [1.165, 1.54) is 4.90 Å². The van der Waals surface area contributed by atoms with Crippen molar-refractivity contribution in [3.05, 3.63) is 24.3 Å². The number of carbonyl (C=O) groups excluding carboxylic acids is 2. The summed E-state index contributed by atoms with van der Waals surface area (Å²) in [6.45, 7) is 1.81. The van der Waals surface area contributed by atoms with Crippen LogP contribution in [0.4, 0.5) is 5.69 Å². The van der Waals surface area contributed by atoms with Gasteiger partial charge in [0.15, 0.2) is 6.61 Å². The van der Waals surface area contributed by atoms with Crippen molar-refractivity contribution >= 4 is 23.5 Å². The lowest BCUT2D eigenvalue weighted by molar-refractivity contribution is -0.137. The molecule has 0 aromatic heterocycles. The molecule has 1 heterocycles. The van der Waals surface area contributed by atoms with E-state index in [9.17, 15) is 14.4 Å². The van der Waals surface area contributed by atoms with Crippen LogP contribution >= 0.6 is 0 Å². The Morgan fingerprint density at radius 1 is 1.41 bits per heavy atom. The number of benzene rings is 1. The molecule has 0 bridgehead atoms. The zero-order chi connectivity index (χ0) is 16.1. The molecule has 1 atom stereocenters. The molecule has 118 valence electrons. The fraction of sp³-hybridized carbons (Fsp3) is 0.400. The predicted octanol–water partition coefficient (Wildman–Crippen LogP) is 0.782. The maximum atomic E-state index is 11.9. The van der Waals surface area contributed by atoms with E-state index in [1.807, 2.05) is 6.07 Å². The van der Waals surface area contributed by atoms with Gasteiger partial charge >= 0.3 is 5.97 Å². The molecular weight excluding hydrogens is 288 g/mol. The van der Waals surface area contributed by atoms with Gasteiger partial charge in [-0.2, -0.15) is 0 Å². The topological polar surface area (TPSA) is 95.9 Å². The number of hydrogen-bond acceptors (Lipinski definition) is 4. The Morgan fingerprint density at radius 2 is 2.14 bits per heavy atom. The van der Waals surface area contributed by atoms with Crippen LogP contribution < -0.4 is 15.0 Å². The zero-order valence-electron chi connectivity index (χ0n) is 12.2. The van der Waals surface area contributed by atoms with Gasteiger partial charge in [0.25, 0.3) is 5.91 Å². The Hall–Kier alpha value is -2.57. The third-order valence-corrected chi connectivity index (χ3v) is 3.26. The van der Waals surface area contributed by atoms with E-state index in [0.717, 1.165) is 0 Å². The summed E-state index contributed by atoms with van der Waals surface area (Å²) in [6.07, 6.45) is -0.0326. The van der Waals surface area contributed by atoms with E-state index in [1.54, 1.807) is 25.1 Å². The second kappa shape index (κ2) is 6.93. The van der Waals surface area contributed by atoms with Crippen LogP contribution in [0.5, 0.6) is 5.75 Å². The third-order valence-electron chi connectivity index (χ3n) is 3.26. The number of ether oxygens (including phenoxy) is 1. The number of nitrogens with one attached hydrogen (secondary N) is 1. The number of carbonyl (C=O) groups is 3. The van der Waals surface area contributed by atoms with Crippen LogP contribution in [0.3, 0.4) is 0 Å². The molecule has 0 saturated carbocycles. The van der Waals surface area contributed by atoms with Gasteiger partial charge in [-0.1, -0.05) is 12.1 Å². The van der Waals surface area contributed by atoms with E-state index in [4.69, 9.17) is 9.84 Å². The first-order valence-corrected chi connectivity index (χ1v) is 7.00. The van der Waals surface area contributed by atoms with Gasteiger partial charge in [0.2, 0.25) is 5.91 Å². The maximum absolute atomic E-state index is 11.9. The van der Waals surface area contributed by atoms with Crippen LogP contribution in [0.25, 0.3) is 0 Å². The molecule has 0 fully saturated rings. The minimum atomic E-state index is -0.968. The van der Waals surface area contributed by atoms with Gasteiger partial charge in [0.05, 0.1) is 12.1 Å². The monoisotopic (exact) mass is 306 g/mol. The predicted molar refractivity (Wildman–Crippen MR) is 78.8 cm³/mol. The molecule has 22 heavy (non-hydrogen) atoms. The lowest BCUT2D eigenvalue weighted by atomic mass is 10.2. The van der Waals surface area contributed by atoms with Crippen molar-refractivity contribution < 1.29 is 24.2 Å². The summed E-state index contributed by atoms with van der Waals surface area (Å²) in [4.78, 5) is 35.8. The van der Waals surface area contributed by atoms with Crippen LogP contribution in [0.2, 0.25) is 0 Å². The molecule has 1 aliphatic heterocycles. The fourth-order valence-corrected chi connectivity index (χ4v) is 2.27. The summed E-state index contributed by atoms with van der Waals surface area (Å²) in [7, 11) is 0. The number of carboxylic acid groups (broad SMARTS) is 1. The molecule has 2 N–H and O–H groups in total. The maximum Gasteiger partial charge on any atom is 0.305 e. The Labute approximate surface area is 127 Å². The van der Waals surface area contributed by atoms with Gasteiger partial charge in [0, 0.05) is 19.0 Å². The van der Waals surface area contributed by atoms with Gasteiger partial charge < -0.3 is 20.1 Å². The Balaban J connectivity index is 1.92. The van der Waals surface area contributed by atoms with Crippen LogP contribution in [0.15, 0.2) is 24.3 Å². The first-order valence-electron chi connectivity index (χ1n) is 7.00. The summed E-state index contributed by atoms with van der Waals surface area (Å²) in [5.74, 6) is -0.845. The Morgan fingerprint density at radius 3 is 2.86 bits per heavy atom. The lowest BCUT2D eigenvalue weighted by Crippen LogP contribution is -2.42. The van der Waals surface area contributed by atoms with E-state index in [2.05, 4.69) is 5.32 Å². The van der Waals surface area contributed by atoms with Crippen molar-refractivity contribution in [3.8, 4) is 5.75 Å². The highest BCUT2D eigenvalue weighted by Crippen LogP contribution is 2.31. The molecule has 1 aromatic rings. The van der Waals surface area contributed by atoms with Crippen molar-refractivity contribution in [3.63, 3.8) is 0 Å². The van der Waals surface area contributed by atoms with E-state index >= 15 is 0 Å². The highest BCUT2D eigenvalue weighted by molar-refractivity contribution is 5.98. The zero-order valence-corrected chi connectivity index (χ0v) is 12.2. The number of para-hydroxylation sites is 2. The standard InChI is InChI=1S/C15H18N2O5/c1-10(8-15(20)21)16-13(18)6-7-17-11-4-2-3-5-12(11)22-9-14(17)19/h2-5,10H,6-9H2,1H3,(H,16,18)(H,20,21). The molecule has 2 rings (SSSR count). The van der Waals surface area contributed by atoms with Crippen LogP contribution in [0.1, 0.15) is 19.8 Å². The average molecular weight is 306 g/mol. The number of rotatable bonds is 6. The van der Waals surface area contributed by atoms with Gasteiger partial charge in [-0.15, -0.1) is 0 Å². The fourth-order valence-electron chi connectivity index (χ4n) is 2.27. The quantitative estimate of drug-likeness (QED) is 0.809. The Kier molecular flexibility index (Phi) is 4.98. The lowest BCUT2D eigenvalue weighted by Gasteiger charge is -2.29. The average Bonchev–Trinajstić information content (AvgIpc) is 2.45. The summed E-state index contributed by atoms with van der Waals surface area (Å²) < 4.78 is 5.32. The molecular formula is C15H18N2O5. The van der Waals surface area contributed by atoms with Crippen molar-refractivity contribution in [1.82, 2.24) is 5.32 Å². The van der Waals surface area contributed by atoms with Crippen LogP contribution in [0, 0.1) is 0 Å². The number of amides is 2. The molecule has 7 nitrogen and oxygen atoms in total. The minimum absolute atomic E-state index is 0.0476. The molecule has 2 amide bonds. The molecule has 1 aromatic carbocycles. The number of nitrogens with zero attached hydrogens (tertiary/aromatic N) is 1. The second-order valence-corrected chi connectivity index (χ2v) is 5.12. The smallest absolute Gasteiger partial charge is 0.305 e. The highest BCUT2D eigenvalue weighted by Gasteiger charge is 2.25. The first kappa shape index (κ1) is 15.8. The van der Waals surface area contributed by atoms with Crippen molar-refractivity contribution in [2.24, 2.45) is 0 Å². The number of anilines is 1. The molecule has 1 unspecified atom stereocenters. The highest BCUT2D eigenvalue weighted by atomic mass is 16.5. The second-order valence-electron chi connectivity index (χ2n) is 5.12. The van der Waals surface area contributed by atoms with E-state index in [-0.39, 0.29) is 37.8 Å².